The summed E-state index contributed by atoms with van der Waals surface area (Å²) in [6.45, 7) is 1.92. The molecule has 170 valence electrons. The van der Waals surface area contributed by atoms with Gasteiger partial charge in [-0.3, -0.25) is 14.5 Å². The van der Waals surface area contributed by atoms with Crippen molar-refractivity contribution in [1.29, 1.82) is 0 Å². The Bertz CT molecular complexity index is 928. The van der Waals surface area contributed by atoms with Crippen LogP contribution in [0.2, 0.25) is 0 Å². The molecule has 4 rings (SSSR count). The van der Waals surface area contributed by atoms with Gasteiger partial charge in [0.2, 0.25) is 5.91 Å². The van der Waals surface area contributed by atoms with Crippen LogP contribution in [0.4, 0.5) is 17.1 Å². The van der Waals surface area contributed by atoms with E-state index in [1.807, 2.05) is 24.3 Å². The maximum atomic E-state index is 12.5. The molecule has 0 spiro atoms. The summed E-state index contributed by atoms with van der Waals surface area (Å²) < 4.78 is 0. The Morgan fingerprint density at radius 1 is 1.00 bits per heavy atom. The molecule has 3 N–H and O–H groups in total. The Morgan fingerprint density at radius 2 is 1.78 bits per heavy atom. The topological polar surface area (TPSA) is 86.4 Å². The number of hydrogen-bond acceptors (Lipinski definition) is 5. The molecule has 2 aromatic rings. The molecule has 2 atom stereocenters. The third-order valence-electron chi connectivity index (χ3n) is 6.71. The van der Waals surface area contributed by atoms with E-state index in [4.69, 9.17) is 0 Å². The van der Waals surface area contributed by atoms with Crippen molar-refractivity contribution in [3.63, 3.8) is 0 Å². The average molecular weight is 436 g/mol. The number of pyridine rings is 1. The quantitative estimate of drug-likeness (QED) is 0.602. The minimum Gasteiger partial charge on any atom is -0.386 e. The Hall–Kier alpha value is -2.93. The van der Waals surface area contributed by atoms with Crippen LogP contribution in [-0.4, -0.2) is 47.9 Å². The fourth-order valence-corrected chi connectivity index (χ4v) is 5.07. The number of nitrogens with one attached hydrogen (secondary N) is 3. The predicted molar refractivity (Wildman–Crippen MR) is 128 cm³/mol. The molecule has 7 nitrogen and oxygen atoms in total. The molecule has 2 aliphatic rings. The largest absolute Gasteiger partial charge is 0.386 e. The molecule has 1 aromatic carbocycles. The summed E-state index contributed by atoms with van der Waals surface area (Å²) in [4.78, 5) is 31.8. The van der Waals surface area contributed by atoms with Crippen LogP contribution in [0.1, 0.15) is 55.4 Å². The van der Waals surface area contributed by atoms with Crippen LogP contribution in [0.3, 0.4) is 0 Å². The first-order chi connectivity index (χ1) is 15.6. The van der Waals surface area contributed by atoms with E-state index in [9.17, 15) is 9.59 Å². The van der Waals surface area contributed by atoms with Crippen LogP contribution in [0, 0.1) is 5.92 Å². The number of aromatic nitrogens is 1. The first-order valence-corrected chi connectivity index (χ1v) is 11.7. The van der Waals surface area contributed by atoms with Crippen molar-refractivity contribution >= 4 is 28.9 Å². The molecule has 2 amide bonds. The van der Waals surface area contributed by atoms with E-state index in [1.54, 1.807) is 19.2 Å². The van der Waals surface area contributed by atoms with Crippen LogP contribution in [0.5, 0.6) is 0 Å². The SMILES string of the molecule is CNc1ccccc1NC(=O)c1ccc(NC(=O)CCN2CCC[C@@H]3CCCC[C@@H]32)cn1. The Labute approximate surface area is 190 Å². The maximum Gasteiger partial charge on any atom is 0.274 e. The zero-order valence-electron chi connectivity index (χ0n) is 18.8. The van der Waals surface area contributed by atoms with Gasteiger partial charge in [-0.15, -0.1) is 0 Å². The normalized spacial score (nSPS) is 20.8. The van der Waals surface area contributed by atoms with Crippen molar-refractivity contribution in [3.05, 3.63) is 48.3 Å². The second-order valence-electron chi connectivity index (χ2n) is 8.77. The van der Waals surface area contributed by atoms with Crippen molar-refractivity contribution in [2.24, 2.45) is 5.92 Å². The van der Waals surface area contributed by atoms with Gasteiger partial charge in [-0.05, 0) is 62.4 Å². The van der Waals surface area contributed by atoms with Gasteiger partial charge in [0, 0.05) is 26.1 Å². The van der Waals surface area contributed by atoms with Crippen molar-refractivity contribution in [2.75, 3.05) is 36.1 Å². The lowest BCUT2D eigenvalue weighted by molar-refractivity contribution is -0.116. The van der Waals surface area contributed by atoms with Crippen molar-refractivity contribution in [1.82, 2.24) is 9.88 Å². The minimum atomic E-state index is -0.294. The number of para-hydroxylation sites is 2. The number of fused-ring (bicyclic) bond motifs is 1. The first kappa shape index (κ1) is 22.3. The van der Waals surface area contributed by atoms with Gasteiger partial charge < -0.3 is 16.0 Å². The summed E-state index contributed by atoms with van der Waals surface area (Å²) in [5.74, 6) is 0.520. The summed E-state index contributed by atoms with van der Waals surface area (Å²) in [5.41, 5.74) is 2.43. The number of rotatable bonds is 7. The van der Waals surface area contributed by atoms with E-state index >= 15 is 0 Å². The lowest BCUT2D eigenvalue weighted by Gasteiger charge is -2.44. The third kappa shape index (κ3) is 5.46. The van der Waals surface area contributed by atoms with Gasteiger partial charge in [0.15, 0.2) is 0 Å². The highest BCUT2D eigenvalue weighted by Crippen LogP contribution is 2.35. The second kappa shape index (κ2) is 10.6. The zero-order chi connectivity index (χ0) is 22.3. The maximum absolute atomic E-state index is 12.5. The van der Waals surface area contributed by atoms with Crippen LogP contribution in [-0.2, 0) is 4.79 Å². The number of nitrogens with zero attached hydrogens (tertiary/aromatic N) is 2. The number of likely N-dealkylation sites (tertiary alicyclic amines) is 1. The summed E-state index contributed by atoms with van der Waals surface area (Å²) in [6.07, 6.45) is 9.90. The second-order valence-corrected chi connectivity index (χ2v) is 8.77. The van der Waals surface area contributed by atoms with Crippen molar-refractivity contribution in [2.45, 2.75) is 51.0 Å². The molecule has 2 heterocycles. The monoisotopic (exact) mass is 435 g/mol. The van der Waals surface area contributed by atoms with Gasteiger partial charge >= 0.3 is 0 Å². The smallest absolute Gasteiger partial charge is 0.274 e. The van der Waals surface area contributed by atoms with Gasteiger partial charge in [-0.2, -0.15) is 0 Å². The molecule has 0 unspecified atom stereocenters. The van der Waals surface area contributed by atoms with E-state index in [1.165, 1.54) is 44.7 Å². The van der Waals surface area contributed by atoms with E-state index in [0.29, 0.717) is 29.5 Å². The molecule has 0 radical (unpaired) electrons. The van der Waals surface area contributed by atoms with Crippen LogP contribution < -0.4 is 16.0 Å². The van der Waals surface area contributed by atoms with E-state index in [2.05, 4.69) is 25.8 Å². The highest BCUT2D eigenvalue weighted by atomic mass is 16.2. The number of carbonyl (C=O) groups excluding carboxylic acids is 2. The lowest BCUT2D eigenvalue weighted by atomic mass is 9.78. The standard InChI is InChI=1S/C25H33N5O2/c1-26-20-9-3-4-10-21(20)29-25(32)22-13-12-19(17-27-22)28-24(31)14-16-30-15-6-8-18-7-2-5-11-23(18)30/h3-4,9-10,12-13,17-18,23,26H,2,5-8,11,14-16H2,1H3,(H,28,31)(H,29,32)/t18-,23-/m0/s1. The molecular formula is C25H33N5O2. The zero-order valence-corrected chi connectivity index (χ0v) is 18.8. The average Bonchev–Trinajstić information content (AvgIpc) is 2.83. The van der Waals surface area contributed by atoms with E-state index in [-0.39, 0.29) is 11.8 Å². The highest BCUT2D eigenvalue weighted by molar-refractivity contribution is 6.04. The molecule has 1 aromatic heterocycles. The fourth-order valence-electron chi connectivity index (χ4n) is 5.07. The Balaban J connectivity index is 1.27. The lowest BCUT2D eigenvalue weighted by Crippen LogP contribution is -2.47. The van der Waals surface area contributed by atoms with Gasteiger partial charge in [0.25, 0.3) is 5.91 Å². The molecule has 1 aliphatic heterocycles. The van der Waals surface area contributed by atoms with Gasteiger partial charge in [-0.25, -0.2) is 4.98 Å². The van der Waals surface area contributed by atoms with Crippen molar-refractivity contribution < 1.29 is 9.59 Å². The first-order valence-electron chi connectivity index (χ1n) is 11.7. The molecule has 1 saturated heterocycles. The molecule has 0 bridgehead atoms. The summed E-state index contributed by atoms with van der Waals surface area (Å²) >= 11 is 0. The van der Waals surface area contributed by atoms with Gasteiger partial charge in [0.1, 0.15) is 5.69 Å². The third-order valence-corrected chi connectivity index (χ3v) is 6.71. The molecule has 32 heavy (non-hydrogen) atoms. The van der Waals surface area contributed by atoms with Gasteiger partial charge in [0.05, 0.1) is 23.3 Å². The Morgan fingerprint density at radius 3 is 2.56 bits per heavy atom. The van der Waals surface area contributed by atoms with E-state index < -0.39 is 0 Å². The molecule has 7 heteroatoms. The van der Waals surface area contributed by atoms with Crippen LogP contribution in [0.25, 0.3) is 0 Å². The fraction of sp³-hybridized carbons (Fsp3) is 0.480. The number of benzene rings is 1. The van der Waals surface area contributed by atoms with Crippen molar-refractivity contribution in [3.8, 4) is 0 Å². The van der Waals surface area contributed by atoms with Gasteiger partial charge in [-0.1, -0.05) is 25.0 Å². The summed E-state index contributed by atoms with van der Waals surface area (Å²) in [7, 11) is 1.81. The molecule has 1 saturated carbocycles. The minimum absolute atomic E-state index is 0.00937. The summed E-state index contributed by atoms with van der Waals surface area (Å²) in [6, 6.07) is 11.5. The van der Waals surface area contributed by atoms with E-state index in [0.717, 1.165) is 24.7 Å². The molecular weight excluding hydrogens is 402 g/mol. The number of carbonyl (C=O) groups is 2. The Kier molecular flexibility index (Phi) is 7.37. The number of amides is 2. The predicted octanol–water partition coefficient (Wildman–Crippen LogP) is 4.36. The highest BCUT2D eigenvalue weighted by Gasteiger charge is 2.32. The molecule has 1 aliphatic carbocycles. The summed E-state index contributed by atoms with van der Waals surface area (Å²) in [5, 5.41) is 8.83. The van der Waals surface area contributed by atoms with Crippen LogP contribution in [0.15, 0.2) is 42.6 Å². The number of hydrogen-bond donors (Lipinski definition) is 3. The molecule has 2 fully saturated rings. The van der Waals surface area contributed by atoms with Crippen LogP contribution >= 0.6 is 0 Å². The number of anilines is 3. The number of piperidine rings is 1.